The lowest BCUT2D eigenvalue weighted by Gasteiger charge is -2.22. The molecule has 5 nitrogen and oxygen atoms in total. The highest BCUT2D eigenvalue weighted by Crippen LogP contribution is 2.34. The Morgan fingerprint density at radius 3 is 2.54 bits per heavy atom. The number of carbonyl (C=O) groups is 1. The zero-order chi connectivity index (χ0) is 19.5. The molecule has 2 aromatic carbocycles. The molecule has 2 heterocycles. The lowest BCUT2D eigenvalue weighted by Crippen LogP contribution is -2.27. The summed E-state index contributed by atoms with van der Waals surface area (Å²) in [6.07, 6.45) is 3.99. The van der Waals surface area contributed by atoms with Crippen LogP contribution in [-0.2, 0) is 17.8 Å². The average molecular weight is 373 g/mol. The Morgan fingerprint density at radius 1 is 1.14 bits per heavy atom. The van der Waals surface area contributed by atoms with Gasteiger partial charge >= 0.3 is 0 Å². The summed E-state index contributed by atoms with van der Waals surface area (Å²) in [7, 11) is 0. The molecule has 1 aromatic heterocycles. The number of hydrogen-bond acceptors (Lipinski definition) is 4. The van der Waals surface area contributed by atoms with Gasteiger partial charge in [0.2, 0.25) is 17.6 Å². The second-order valence-electron chi connectivity index (χ2n) is 7.03. The summed E-state index contributed by atoms with van der Waals surface area (Å²) in [6, 6.07) is 16.0. The summed E-state index contributed by atoms with van der Waals surface area (Å²) in [5.74, 6) is 1.18. The molecule has 0 N–H and O–H groups in total. The Kier molecular flexibility index (Phi) is 5.06. The first-order valence-corrected chi connectivity index (χ1v) is 9.61. The molecule has 4 rings (SSSR count). The van der Waals surface area contributed by atoms with Crippen LogP contribution in [0.5, 0.6) is 0 Å². The summed E-state index contributed by atoms with van der Waals surface area (Å²) >= 11 is 0. The molecule has 142 valence electrons. The number of carbonyl (C=O) groups excluding carboxylic acids is 1. The quantitative estimate of drug-likeness (QED) is 0.622. The van der Waals surface area contributed by atoms with Crippen molar-refractivity contribution in [2.24, 2.45) is 0 Å². The number of rotatable bonds is 6. The first-order valence-electron chi connectivity index (χ1n) is 9.61. The van der Waals surface area contributed by atoms with Gasteiger partial charge in [0.05, 0.1) is 0 Å². The van der Waals surface area contributed by atoms with Crippen molar-refractivity contribution in [3.8, 4) is 11.4 Å². The van der Waals surface area contributed by atoms with E-state index in [1.807, 2.05) is 41.3 Å². The number of amides is 1. The van der Waals surface area contributed by atoms with E-state index in [1.54, 1.807) is 6.08 Å². The topological polar surface area (TPSA) is 59.2 Å². The van der Waals surface area contributed by atoms with Crippen LogP contribution in [0, 0.1) is 0 Å². The van der Waals surface area contributed by atoms with Crippen LogP contribution in [-0.4, -0.2) is 20.9 Å². The van der Waals surface area contributed by atoms with Crippen LogP contribution in [0.25, 0.3) is 17.5 Å². The van der Waals surface area contributed by atoms with Crippen molar-refractivity contribution in [3.05, 3.63) is 77.7 Å². The Labute approximate surface area is 164 Å². The zero-order valence-corrected chi connectivity index (χ0v) is 16.0. The monoisotopic (exact) mass is 373 g/mol. The Balaban J connectivity index is 1.54. The molecule has 3 aromatic rings. The third-order valence-electron chi connectivity index (χ3n) is 5.24. The molecule has 5 heteroatoms. The van der Waals surface area contributed by atoms with Crippen LogP contribution in [0.4, 0.5) is 0 Å². The smallest absolute Gasteiger partial charge is 0.249 e. The Hall–Kier alpha value is -3.21. The second kappa shape index (κ2) is 7.80. The molecular formula is C23H23N3O2. The molecule has 0 radical (unpaired) electrons. The standard InChI is InChI=1S/C23H23N3O2/c1-3-16-5-7-18(8-6-16)15-26-20(13-14-21(26)27)23-24-22(25-28-23)19-11-9-17(4-2)10-12-19/h3,5-12,20H,1,4,13-15H2,2H3. The molecule has 1 unspecified atom stereocenters. The molecule has 1 fully saturated rings. The van der Waals surface area contributed by atoms with Gasteiger partial charge in [-0.15, -0.1) is 0 Å². The van der Waals surface area contributed by atoms with E-state index in [9.17, 15) is 4.79 Å². The normalized spacial score (nSPS) is 16.5. The lowest BCUT2D eigenvalue weighted by molar-refractivity contribution is -0.129. The van der Waals surface area contributed by atoms with E-state index in [0.717, 1.165) is 23.1 Å². The predicted molar refractivity (Wildman–Crippen MR) is 108 cm³/mol. The van der Waals surface area contributed by atoms with Gasteiger partial charge in [-0.1, -0.05) is 73.3 Å². The van der Waals surface area contributed by atoms with Crippen molar-refractivity contribution in [1.29, 1.82) is 0 Å². The fourth-order valence-corrected chi connectivity index (χ4v) is 3.52. The molecule has 1 atom stereocenters. The van der Waals surface area contributed by atoms with Crippen molar-refractivity contribution < 1.29 is 9.32 Å². The Morgan fingerprint density at radius 2 is 1.86 bits per heavy atom. The van der Waals surface area contributed by atoms with Crippen molar-refractivity contribution in [1.82, 2.24) is 15.0 Å². The van der Waals surface area contributed by atoms with Gasteiger partial charge in [-0.2, -0.15) is 4.98 Å². The molecule has 1 amide bonds. The maximum atomic E-state index is 12.5. The number of nitrogens with zero attached hydrogens (tertiary/aromatic N) is 3. The Bertz CT molecular complexity index is 974. The van der Waals surface area contributed by atoms with Crippen LogP contribution in [0.2, 0.25) is 0 Å². The fraction of sp³-hybridized carbons (Fsp3) is 0.261. The van der Waals surface area contributed by atoms with Gasteiger partial charge in [0.1, 0.15) is 6.04 Å². The fourth-order valence-electron chi connectivity index (χ4n) is 3.52. The number of hydrogen-bond donors (Lipinski definition) is 0. The van der Waals surface area contributed by atoms with E-state index in [0.29, 0.717) is 31.1 Å². The summed E-state index contributed by atoms with van der Waals surface area (Å²) in [4.78, 5) is 18.9. The SMILES string of the molecule is C=Cc1ccc(CN2C(=O)CCC2c2nc(-c3ccc(CC)cc3)no2)cc1. The molecule has 1 aliphatic rings. The summed E-state index contributed by atoms with van der Waals surface area (Å²) in [5.41, 5.74) is 4.31. The van der Waals surface area contributed by atoms with Crippen molar-refractivity contribution >= 4 is 12.0 Å². The van der Waals surface area contributed by atoms with E-state index in [1.165, 1.54) is 5.56 Å². The highest BCUT2D eigenvalue weighted by atomic mass is 16.5. The van der Waals surface area contributed by atoms with Gasteiger partial charge < -0.3 is 9.42 Å². The molecular weight excluding hydrogens is 350 g/mol. The van der Waals surface area contributed by atoms with Gasteiger partial charge in [0.25, 0.3) is 0 Å². The molecule has 0 saturated carbocycles. The molecule has 0 spiro atoms. The van der Waals surface area contributed by atoms with E-state index in [2.05, 4.69) is 35.8 Å². The minimum atomic E-state index is -0.178. The van der Waals surface area contributed by atoms with Gasteiger partial charge in [-0.05, 0) is 29.5 Å². The molecule has 0 aliphatic carbocycles. The zero-order valence-electron chi connectivity index (χ0n) is 16.0. The van der Waals surface area contributed by atoms with Gasteiger partial charge in [0, 0.05) is 18.5 Å². The third kappa shape index (κ3) is 3.60. The molecule has 0 bridgehead atoms. The third-order valence-corrected chi connectivity index (χ3v) is 5.24. The van der Waals surface area contributed by atoms with Gasteiger partial charge in [0.15, 0.2) is 0 Å². The van der Waals surface area contributed by atoms with Crippen LogP contribution in [0.1, 0.15) is 48.4 Å². The summed E-state index contributed by atoms with van der Waals surface area (Å²) < 4.78 is 5.54. The predicted octanol–water partition coefficient (Wildman–Crippen LogP) is 4.81. The molecule has 28 heavy (non-hydrogen) atoms. The van der Waals surface area contributed by atoms with Crippen LogP contribution < -0.4 is 0 Å². The number of aryl methyl sites for hydroxylation is 1. The van der Waals surface area contributed by atoms with E-state index in [-0.39, 0.29) is 11.9 Å². The van der Waals surface area contributed by atoms with Crippen LogP contribution in [0.3, 0.4) is 0 Å². The average Bonchev–Trinajstić information content (AvgIpc) is 3.36. The van der Waals surface area contributed by atoms with Gasteiger partial charge in [-0.3, -0.25) is 4.79 Å². The maximum absolute atomic E-state index is 12.5. The first kappa shape index (κ1) is 18.2. The highest BCUT2D eigenvalue weighted by molar-refractivity contribution is 5.78. The van der Waals surface area contributed by atoms with Crippen molar-refractivity contribution in [3.63, 3.8) is 0 Å². The lowest BCUT2D eigenvalue weighted by atomic mass is 10.1. The molecule has 1 saturated heterocycles. The number of benzene rings is 2. The van der Waals surface area contributed by atoms with Crippen molar-refractivity contribution in [2.45, 2.75) is 38.8 Å². The van der Waals surface area contributed by atoms with E-state index >= 15 is 0 Å². The minimum absolute atomic E-state index is 0.116. The maximum Gasteiger partial charge on any atom is 0.249 e. The summed E-state index contributed by atoms with van der Waals surface area (Å²) in [5, 5.41) is 4.14. The first-order chi connectivity index (χ1) is 13.7. The number of likely N-dealkylation sites (tertiary alicyclic amines) is 1. The highest BCUT2D eigenvalue weighted by Gasteiger charge is 2.36. The molecule has 1 aliphatic heterocycles. The number of aromatic nitrogens is 2. The second-order valence-corrected chi connectivity index (χ2v) is 7.03. The van der Waals surface area contributed by atoms with Crippen molar-refractivity contribution in [2.75, 3.05) is 0 Å². The largest absolute Gasteiger partial charge is 0.337 e. The van der Waals surface area contributed by atoms with Gasteiger partial charge in [-0.25, -0.2) is 0 Å². The van der Waals surface area contributed by atoms with Crippen LogP contribution in [0.15, 0.2) is 59.6 Å². The van der Waals surface area contributed by atoms with E-state index in [4.69, 9.17) is 4.52 Å². The van der Waals surface area contributed by atoms with E-state index < -0.39 is 0 Å². The summed E-state index contributed by atoms with van der Waals surface area (Å²) in [6.45, 7) is 6.43. The van der Waals surface area contributed by atoms with Crippen LogP contribution >= 0.6 is 0 Å². The minimum Gasteiger partial charge on any atom is -0.337 e.